The Hall–Kier alpha value is -2.00. The van der Waals surface area contributed by atoms with Gasteiger partial charge in [0.2, 0.25) is 0 Å². The second-order valence-electron chi connectivity index (χ2n) is 7.09. The van der Waals surface area contributed by atoms with E-state index in [4.69, 9.17) is 0 Å². The Kier molecular flexibility index (Phi) is 6.81. The van der Waals surface area contributed by atoms with Crippen LogP contribution in [-0.4, -0.2) is 12.6 Å². The Morgan fingerprint density at radius 1 is 0.767 bits per heavy atom. The summed E-state index contributed by atoms with van der Waals surface area (Å²) in [6.07, 6.45) is 0. The smallest absolute Gasteiger partial charge is 0.228 e. The molecule has 0 radical (unpaired) electrons. The van der Waals surface area contributed by atoms with Crippen molar-refractivity contribution in [2.24, 2.45) is 3.77 Å². The third kappa shape index (κ3) is 5.37. The van der Waals surface area contributed by atoms with E-state index in [-0.39, 0.29) is 4.90 Å². The van der Waals surface area contributed by atoms with E-state index >= 15 is 0 Å². The van der Waals surface area contributed by atoms with Crippen LogP contribution >= 0.6 is 15.9 Å². The lowest BCUT2D eigenvalue weighted by Gasteiger charge is -2.19. The van der Waals surface area contributed by atoms with E-state index in [1.165, 1.54) is 12.1 Å². The van der Waals surface area contributed by atoms with Crippen LogP contribution in [0.25, 0.3) is 0 Å². The summed E-state index contributed by atoms with van der Waals surface area (Å²) in [6, 6.07) is 20.3. The molecule has 2 atom stereocenters. The van der Waals surface area contributed by atoms with Crippen molar-refractivity contribution >= 4 is 35.9 Å². The van der Waals surface area contributed by atoms with Gasteiger partial charge in [-0.05, 0) is 62.7 Å². The average molecular weight is 507 g/mol. The zero-order chi connectivity index (χ0) is 21.9. The van der Waals surface area contributed by atoms with E-state index in [1.807, 2.05) is 45.0 Å². The molecule has 0 fully saturated rings. The Labute approximate surface area is 187 Å². The minimum Gasteiger partial charge on any atom is -0.228 e. The molecule has 0 spiro atoms. The van der Waals surface area contributed by atoms with Crippen LogP contribution < -0.4 is 4.72 Å². The average Bonchev–Trinajstić information content (AvgIpc) is 2.68. The maximum absolute atomic E-state index is 13.9. The monoisotopic (exact) mass is 506 g/mol. The highest BCUT2D eigenvalue weighted by atomic mass is 79.9. The van der Waals surface area contributed by atoms with Crippen LogP contribution in [0.3, 0.4) is 0 Å². The van der Waals surface area contributed by atoms with E-state index in [9.17, 15) is 12.6 Å². The Morgan fingerprint density at radius 3 is 1.73 bits per heavy atom. The van der Waals surface area contributed by atoms with Crippen molar-refractivity contribution in [2.45, 2.75) is 36.6 Å². The van der Waals surface area contributed by atoms with Gasteiger partial charge in [-0.1, -0.05) is 67.2 Å². The number of sulfonamides is 1. The molecule has 5 nitrogen and oxygen atoms in total. The van der Waals surface area contributed by atoms with Crippen LogP contribution in [0.2, 0.25) is 0 Å². The van der Waals surface area contributed by atoms with Gasteiger partial charge in [-0.15, -0.1) is 0 Å². The summed E-state index contributed by atoms with van der Waals surface area (Å²) in [5, 5.41) is 0. The topological polar surface area (TPSA) is 75.6 Å². The van der Waals surface area contributed by atoms with Crippen molar-refractivity contribution < 1.29 is 12.6 Å². The molecule has 0 bridgehead atoms. The first-order chi connectivity index (χ1) is 14.1. The summed E-state index contributed by atoms with van der Waals surface area (Å²) in [7, 11) is -7.63. The third-order valence-corrected chi connectivity index (χ3v) is 9.17. The molecule has 0 amide bonds. The van der Waals surface area contributed by atoms with Crippen molar-refractivity contribution in [3.8, 4) is 0 Å². The first kappa shape index (κ1) is 22.7. The molecule has 0 heterocycles. The van der Waals surface area contributed by atoms with Crippen molar-refractivity contribution in [2.75, 3.05) is 0 Å². The predicted octanol–water partition coefficient (Wildman–Crippen LogP) is 5.55. The molecule has 3 aromatic carbocycles. The van der Waals surface area contributed by atoms with E-state index in [2.05, 4.69) is 24.4 Å². The number of hydrogen-bond donors (Lipinski definition) is 1. The number of rotatable bonds is 6. The second-order valence-corrected chi connectivity index (χ2v) is 11.8. The molecular weight excluding hydrogens is 484 g/mol. The van der Waals surface area contributed by atoms with Gasteiger partial charge in [-0.3, -0.25) is 0 Å². The number of nitrogens with zero attached hydrogens (tertiary/aromatic N) is 1. The van der Waals surface area contributed by atoms with Crippen molar-refractivity contribution in [1.82, 2.24) is 4.72 Å². The summed E-state index contributed by atoms with van der Waals surface area (Å²) in [5.41, 5.74) is 2.76. The fourth-order valence-electron chi connectivity index (χ4n) is 2.81. The number of halogens is 1. The van der Waals surface area contributed by atoms with Gasteiger partial charge in [0, 0.05) is 10.5 Å². The van der Waals surface area contributed by atoms with Gasteiger partial charge >= 0.3 is 0 Å². The summed E-state index contributed by atoms with van der Waals surface area (Å²) in [4.78, 5) is 0.318. The van der Waals surface area contributed by atoms with E-state index in [0.717, 1.165) is 21.2 Å². The first-order valence-electron chi connectivity index (χ1n) is 9.29. The minimum absolute atomic E-state index is 0.00558. The SMILES string of the molecule is Cc1ccc(S(=O)(=O)N=S(=O)(N[C@H](C)c2ccc(Br)cc2)c2ccc(C)cc2)cc1. The Bertz CT molecular complexity index is 1250. The molecule has 3 rings (SSSR count). The van der Waals surface area contributed by atoms with Gasteiger partial charge in [0.1, 0.15) is 0 Å². The lowest BCUT2D eigenvalue weighted by Crippen LogP contribution is -2.28. The highest BCUT2D eigenvalue weighted by Crippen LogP contribution is 2.24. The van der Waals surface area contributed by atoms with E-state index in [1.54, 1.807) is 36.4 Å². The molecule has 30 heavy (non-hydrogen) atoms. The third-order valence-electron chi connectivity index (χ3n) is 4.57. The summed E-state index contributed by atoms with van der Waals surface area (Å²) in [6.45, 7) is 5.60. The quantitative estimate of drug-likeness (QED) is 0.476. The highest BCUT2D eigenvalue weighted by molar-refractivity contribution is 9.10. The molecule has 0 saturated heterocycles. The lowest BCUT2D eigenvalue weighted by atomic mass is 10.1. The fraction of sp³-hybridized carbons (Fsp3) is 0.182. The van der Waals surface area contributed by atoms with Crippen LogP contribution in [0.1, 0.15) is 29.7 Å². The van der Waals surface area contributed by atoms with Crippen molar-refractivity contribution in [3.63, 3.8) is 0 Å². The normalized spacial score (nSPS) is 14.7. The van der Waals surface area contributed by atoms with E-state index < -0.39 is 26.0 Å². The van der Waals surface area contributed by atoms with Gasteiger partial charge in [-0.25, -0.2) is 8.93 Å². The maximum Gasteiger partial charge on any atom is 0.291 e. The molecule has 1 N–H and O–H groups in total. The number of benzene rings is 3. The summed E-state index contributed by atoms with van der Waals surface area (Å²) >= 11 is 3.40. The zero-order valence-corrected chi connectivity index (χ0v) is 20.1. The highest BCUT2D eigenvalue weighted by Gasteiger charge is 2.23. The molecule has 158 valence electrons. The molecular formula is C22H23BrN2O3S2. The largest absolute Gasteiger partial charge is 0.291 e. The fourth-order valence-corrected chi connectivity index (χ4v) is 6.77. The van der Waals surface area contributed by atoms with Crippen molar-refractivity contribution in [1.29, 1.82) is 0 Å². The Morgan fingerprint density at radius 2 is 1.23 bits per heavy atom. The molecule has 3 aromatic rings. The van der Waals surface area contributed by atoms with Crippen LogP contribution in [-0.2, 0) is 19.9 Å². The van der Waals surface area contributed by atoms with Crippen LogP contribution in [0.4, 0.5) is 0 Å². The molecule has 1 unspecified atom stereocenters. The zero-order valence-electron chi connectivity index (χ0n) is 16.9. The van der Waals surface area contributed by atoms with Crippen LogP contribution in [0.5, 0.6) is 0 Å². The molecule has 0 aliphatic heterocycles. The van der Waals surface area contributed by atoms with Gasteiger partial charge in [0.25, 0.3) is 10.0 Å². The van der Waals surface area contributed by atoms with E-state index in [0.29, 0.717) is 4.90 Å². The second kappa shape index (κ2) is 9.01. The van der Waals surface area contributed by atoms with Gasteiger partial charge in [0.05, 0.1) is 9.79 Å². The molecule has 0 aliphatic rings. The van der Waals surface area contributed by atoms with Gasteiger partial charge in [0.15, 0.2) is 9.92 Å². The number of nitrogens with one attached hydrogen (secondary N) is 1. The maximum atomic E-state index is 13.9. The molecule has 8 heteroatoms. The summed E-state index contributed by atoms with van der Waals surface area (Å²) in [5.74, 6) is 0. The molecule has 0 saturated carbocycles. The van der Waals surface area contributed by atoms with Crippen LogP contribution in [0.15, 0.2) is 90.8 Å². The standard InChI is InChI=1S/C22H23BrN2O3S2/c1-16-4-12-21(13-5-16)29(26,24-18(3)19-8-10-20(23)11-9-19)25-30(27,28)22-14-6-17(2)7-15-22/h4-15,18H,1-3H3,(H,24,25,26)/t18-,29?/m1/s1. The summed E-state index contributed by atoms with van der Waals surface area (Å²) < 4.78 is 47.7. The van der Waals surface area contributed by atoms with Crippen LogP contribution in [0, 0.1) is 13.8 Å². The number of hydrogen-bond acceptors (Lipinski definition) is 3. The predicted molar refractivity (Wildman–Crippen MR) is 124 cm³/mol. The minimum atomic E-state index is -4.15. The van der Waals surface area contributed by atoms with Crippen molar-refractivity contribution in [3.05, 3.63) is 94.0 Å². The Balaban J connectivity index is 2.11. The first-order valence-corrected chi connectivity index (χ1v) is 13.0. The lowest BCUT2D eigenvalue weighted by molar-refractivity contribution is 0.597. The van der Waals surface area contributed by atoms with Gasteiger partial charge in [-0.2, -0.15) is 8.42 Å². The molecule has 0 aliphatic carbocycles. The van der Waals surface area contributed by atoms with Gasteiger partial charge < -0.3 is 0 Å². The molecule has 0 aromatic heterocycles. The number of aryl methyl sites for hydroxylation is 2.